The highest BCUT2D eigenvalue weighted by Crippen LogP contribution is 2.49. The van der Waals surface area contributed by atoms with Crippen molar-refractivity contribution in [3.8, 4) is 5.75 Å². The van der Waals surface area contributed by atoms with Gasteiger partial charge in [0.1, 0.15) is 5.75 Å². The Hall–Kier alpha value is -1.76. The third-order valence-corrected chi connectivity index (χ3v) is 5.70. The van der Waals surface area contributed by atoms with Crippen LogP contribution < -0.4 is 14.8 Å². The summed E-state index contributed by atoms with van der Waals surface area (Å²) in [5.74, 6) is 2.42. The van der Waals surface area contributed by atoms with Crippen LogP contribution in [-0.2, 0) is 14.8 Å². The van der Waals surface area contributed by atoms with E-state index in [2.05, 4.69) is 10.0 Å². The van der Waals surface area contributed by atoms with Gasteiger partial charge in [0.25, 0.3) is 0 Å². The zero-order chi connectivity index (χ0) is 17.3. The van der Waals surface area contributed by atoms with Gasteiger partial charge >= 0.3 is 0 Å². The third-order valence-electron chi connectivity index (χ3n) is 5.11. The predicted molar refractivity (Wildman–Crippen MR) is 93.6 cm³/mol. The molecule has 0 aliphatic heterocycles. The van der Waals surface area contributed by atoms with E-state index in [0.29, 0.717) is 35.4 Å². The molecule has 2 aliphatic rings. The molecule has 24 heavy (non-hydrogen) atoms. The molecular formula is C17H24N2O4S. The van der Waals surface area contributed by atoms with Crippen molar-refractivity contribution in [1.29, 1.82) is 0 Å². The monoisotopic (exact) mass is 352 g/mol. The lowest BCUT2D eigenvalue weighted by molar-refractivity contribution is -0.117. The number of anilines is 2. The van der Waals surface area contributed by atoms with E-state index in [0.717, 1.165) is 12.2 Å². The molecular weight excluding hydrogens is 328 g/mol. The van der Waals surface area contributed by atoms with Gasteiger partial charge in [-0.1, -0.05) is 6.42 Å². The molecule has 3 atom stereocenters. The second-order valence-electron chi connectivity index (χ2n) is 6.98. The van der Waals surface area contributed by atoms with Crippen molar-refractivity contribution in [3.05, 3.63) is 18.2 Å². The molecule has 3 unspecified atom stereocenters. The summed E-state index contributed by atoms with van der Waals surface area (Å²) >= 11 is 0. The SMILES string of the molecule is COc1ccc(NC(=O)CC2CC3CCC2C3)cc1NS(C)(=O)=O. The van der Waals surface area contributed by atoms with Gasteiger partial charge in [-0.3, -0.25) is 9.52 Å². The molecule has 132 valence electrons. The fourth-order valence-electron chi connectivity index (χ4n) is 4.14. The molecule has 6 nitrogen and oxygen atoms in total. The van der Waals surface area contributed by atoms with E-state index in [1.807, 2.05) is 0 Å². The molecule has 2 aliphatic carbocycles. The van der Waals surface area contributed by atoms with Gasteiger partial charge in [0.2, 0.25) is 15.9 Å². The van der Waals surface area contributed by atoms with Crippen molar-refractivity contribution in [2.24, 2.45) is 17.8 Å². The first-order valence-corrected chi connectivity index (χ1v) is 10.2. The van der Waals surface area contributed by atoms with Crippen molar-refractivity contribution >= 4 is 27.3 Å². The van der Waals surface area contributed by atoms with Crippen LogP contribution in [0.15, 0.2) is 18.2 Å². The third kappa shape index (κ3) is 4.01. The standard InChI is InChI=1S/C17H24N2O4S/c1-23-16-6-5-14(10-15(16)19-24(2,21)22)18-17(20)9-13-8-11-3-4-12(13)7-11/h5-6,10-13,19H,3-4,7-9H2,1-2H3,(H,18,20). The van der Waals surface area contributed by atoms with Crippen molar-refractivity contribution in [1.82, 2.24) is 0 Å². The van der Waals surface area contributed by atoms with Crippen LogP contribution in [0.25, 0.3) is 0 Å². The number of fused-ring (bicyclic) bond motifs is 2. The van der Waals surface area contributed by atoms with Gasteiger partial charge in [0.15, 0.2) is 0 Å². The maximum Gasteiger partial charge on any atom is 0.229 e. The Balaban J connectivity index is 1.66. The highest BCUT2D eigenvalue weighted by atomic mass is 32.2. The van der Waals surface area contributed by atoms with E-state index in [-0.39, 0.29) is 5.91 Å². The number of hydrogen-bond acceptors (Lipinski definition) is 4. The zero-order valence-corrected chi connectivity index (χ0v) is 14.9. The van der Waals surface area contributed by atoms with E-state index in [4.69, 9.17) is 4.74 Å². The van der Waals surface area contributed by atoms with Crippen molar-refractivity contribution in [2.45, 2.75) is 32.1 Å². The molecule has 0 radical (unpaired) electrons. The lowest BCUT2D eigenvalue weighted by Gasteiger charge is -2.21. The van der Waals surface area contributed by atoms with E-state index in [1.165, 1.54) is 32.8 Å². The number of benzene rings is 1. The number of ether oxygens (including phenoxy) is 1. The highest BCUT2D eigenvalue weighted by Gasteiger charge is 2.40. The highest BCUT2D eigenvalue weighted by molar-refractivity contribution is 7.92. The summed E-state index contributed by atoms with van der Waals surface area (Å²) < 4.78 is 30.5. The van der Waals surface area contributed by atoms with E-state index in [9.17, 15) is 13.2 Å². The molecule has 2 saturated carbocycles. The lowest BCUT2D eigenvalue weighted by atomic mass is 9.86. The first-order chi connectivity index (χ1) is 11.3. The summed E-state index contributed by atoms with van der Waals surface area (Å²) in [6.07, 6.45) is 6.65. The van der Waals surface area contributed by atoms with Crippen LogP contribution in [0.2, 0.25) is 0 Å². The number of sulfonamides is 1. The molecule has 2 N–H and O–H groups in total. The summed E-state index contributed by atoms with van der Waals surface area (Å²) in [6.45, 7) is 0. The summed E-state index contributed by atoms with van der Waals surface area (Å²) in [5, 5.41) is 2.88. The summed E-state index contributed by atoms with van der Waals surface area (Å²) in [5.41, 5.74) is 0.882. The fourth-order valence-corrected chi connectivity index (χ4v) is 4.70. The van der Waals surface area contributed by atoms with Crippen LogP contribution in [-0.4, -0.2) is 27.7 Å². The molecule has 3 rings (SSSR count). The molecule has 0 heterocycles. The Bertz CT molecular complexity index is 732. The van der Waals surface area contributed by atoms with Crippen molar-refractivity contribution < 1.29 is 17.9 Å². The number of amides is 1. The van der Waals surface area contributed by atoms with Gasteiger partial charge in [-0.2, -0.15) is 0 Å². The first kappa shape index (κ1) is 17.1. The minimum atomic E-state index is -3.42. The maximum atomic E-state index is 12.3. The van der Waals surface area contributed by atoms with Gasteiger partial charge in [0.05, 0.1) is 19.1 Å². The van der Waals surface area contributed by atoms with Gasteiger partial charge in [0, 0.05) is 12.1 Å². The van der Waals surface area contributed by atoms with Crippen LogP contribution in [0.3, 0.4) is 0 Å². The number of methoxy groups -OCH3 is 1. The molecule has 2 bridgehead atoms. The molecule has 7 heteroatoms. The average Bonchev–Trinajstić information content (AvgIpc) is 3.08. The molecule has 1 amide bonds. The Morgan fingerprint density at radius 1 is 1.29 bits per heavy atom. The Kier molecular flexibility index (Phi) is 4.71. The summed E-state index contributed by atoms with van der Waals surface area (Å²) in [6, 6.07) is 4.93. The number of nitrogens with one attached hydrogen (secondary N) is 2. The largest absolute Gasteiger partial charge is 0.495 e. The molecule has 0 saturated heterocycles. The molecule has 1 aromatic rings. The van der Waals surface area contributed by atoms with Crippen LogP contribution in [0, 0.1) is 17.8 Å². The Morgan fingerprint density at radius 2 is 2.08 bits per heavy atom. The van der Waals surface area contributed by atoms with E-state index < -0.39 is 10.0 Å². The van der Waals surface area contributed by atoms with Gasteiger partial charge in [-0.05, 0) is 55.2 Å². The van der Waals surface area contributed by atoms with E-state index in [1.54, 1.807) is 18.2 Å². The number of carbonyl (C=O) groups excluding carboxylic acids is 1. The summed E-state index contributed by atoms with van der Waals surface area (Å²) in [4.78, 5) is 12.3. The molecule has 0 aromatic heterocycles. The summed E-state index contributed by atoms with van der Waals surface area (Å²) in [7, 11) is -1.95. The molecule has 2 fully saturated rings. The minimum absolute atomic E-state index is 0.0111. The quantitative estimate of drug-likeness (QED) is 0.824. The Labute approximate surface area is 143 Å². The zero-order valence-electron chi connectivity index (χ0n) is 14.0. The van der Waals surface area contributed by atoms with Crippen molar-refractivity contribution in [2.75, 3.05) is 23.4 Å². The first-order valence-electron chi connectivity index (χ1n) is 8.29. The average molecular weight is 352 g/mol. The van der Waals surface area contributed by atoms with Gasteiger partial charge in [-0.25, -0.2) is 8.42 Å². The predicted octanol–water partition coefficient (Wildman–Crippen LogP) is 2.83. The molecule has 0 spiro atoms. The second-order valence-corrected chi connectivity index (χ2v) is 8.72. The fraction of sp³-hybridized carbons (Fsp3) is 0.588. The number of hydrogen-bond donors (Lipinski definition) is 2. The lowest BCUT2D eigenvalue weighted by Crippen LogP contribution is -2.20. The maximum absolute atomic E-state index is 12.3. The van der Waals surface area contributed by atoms with Crippen LogP contribution in [0.4, 0.5) is 11.4 Å². The number of rotatable bonds is 6. The van der Waals surface area contributed by atoms with Crippen LogP contribution >= 0.6 is 0 Å². The van der Waals surface area contributed by atoms with E-state index >= 15 is 0 Å². The van der Waals surface area contributed by atoms with Crippen LogP contribution in [0.1, 0.15) is 32.1 Å². The molecule has 1 aromatic carbocycles. The minimum Gasteiger partial charge on any atom is -0.495 e. The normalized spacial score (nSPS) is 25.5. The van der Waals surface area contributed by atoms with Gasteiger partial charge < -0.3 is 10.1 Å². The van der Waals surface area contributed by atoms with Crippen LogP contribution in [0.5, 0.6) is 5.75 Å². The number of carbonyl (C=O) groups is 1. The van der Waals surface area contributed by atoms with Gasteiger partial charge in [-0.15, -0.1) is 0 Å². The second kappa shape index (κ2) is 6.63. The smallest absolute Gasteiger partial charge is 0.229 e. The Morgan fingerprint density at radius 3 is 2.67 bits per heavy atom. The topological polar surface area (TPSA) is 84.5 Å². The van der Waals surface area contributed by atoms with Crippen molar-refractivity contribution in [3.63, 3.8) is 0 Å².